The minimum absolute atomic E-state index is 0.200. The number of imidazole rings is 1. The van der Waals surface area contributed by atoms with E-state index in [1.807, 2.05) is 24.4 Å². The summed E-state index contributed by atoms with van der Waals surface area (Å²) in [5.74, 6) is 3.29. The van der Waals surface area contributed by atoms with Gasteiger partial charge in [0.25, 0.3) is 0 Å². The summed E-state index contributed by atoms with van der Waals surface area (Å²) in [7, 11) is 0. The van der Waals surface area contributed by atoms with Gasteiger partial charge in [0.15, 0.2) is 6.73 Å². The number of hydrogen-bond acceptors (Lipinski definition) is 8. The number of pyridine rings is 1. The topological polar surface area (TPSA) is 105 Å². The van der Waals surface area contributed by atoms with Gasteiger partial charge < -0.3 is 10.1 Å². The minimum Gasteiger partial charge on any atom is -0.472 e. The molecule has 1 N–H and O–H groups in total. The second kappa shape index (κ2) is 9.54. The monoisotopic (exact) mass is 504 g/mol. The van der Waals surface area contributed by atoms with E-state index in [2.05, 4.69) is 54.0 Å². The first-order chi connectivity index (χ1) is 18.7. The molecule has 1 aromatic carbocycles. The van der Waals surface area contributed by atoms with Crippen molar-refractivity contribution in [3.8, 4) is 34.5 Å². The van der Waals surface area contributed by atoms with Crippen molar-refractivity contribution in [2.45, 2.75) is 50.9 Å². The molecule has 5 heterocycles. The molecule has 1 saturated heterocycles. The Labute approximate surface area is 221 Å². The standard InChI is InChI=1S/C29H28N8O/c30-15-26-32-12-8-25(34-26)33-22-9-13-36(14-10-22)17-19-1-3-20(4-2-19)27-28(21-5-6-21)37-18-38-24-7-11-31-16-23(24)29(37)35-27/h1-4,7-8,11-12,16,21-22H,5-6,9-10,13-14,17-18H2,(H,32,33,34). The van der Waals surface area contributed by atoms with Gasteiger partial charge in [0.05, 0.1) is 17.0 Å². The highest BCUT2D eigenvalue weighted by Gasteiger charge is 2.35. The Balaban J connectivity index is 1.03. The summed E-state index contributed by atoms with van der Waals surface area (Å²) in [6.45, 7) is 3.47. The van der Waals surface area contributed by atoms with Crippen molar-refractivity contribution in [1.82, 2.24) is 29.4 Å². The minimum atomic E-state index is 0.200. The molecule has 7 rings (SSSR count). The largest absolute Gasteiger partial charge is 0.472 e. The van der Waals surface area contributed by atoms with Crippen LogP contribution in [0.2, 0.25) is 0 Å². The first kappa shape index (κ1) is 22.9. The molecule has 0 amide bonds. The third-order valence-electron chi connectivity index (χ3n) is 7.67. The van der Waals surface area contributed by atoms with Crippen LogP contribution < -0.4 is 10.1 Å². The smallest absolute Gasteiger partial charge is 0.234 e. The predicted octanol–water partition coefficient (Wildman–Crippen LogP) is 4.58. The lowest BCUT2D eigenvalue weighted by Crippen LogP contribution is -2.38. The Morgan fingerprint density at radius 2 is 1.84 bits per heavy atom. The molecule has 38 heavy (non-hydrogen) atoms. The molecule has 2 fully saturated rings. The van der Waals surface area contributed by atoms with E-state index in [-0.39, 0.29) is 5.82 Å². The van der Waals surface area contributed by atoms with E-state index < -0.39 is 0 Å². The number of piperidine rings is 1. The lowest BCUT2D eigenvalue weighted by molar-refractivity contribution is 0.211. The first-order valence-electron chi connectivity index (χ1n) is 13.2. The average molecular weight is 505 g/mol. The molecule has 190 valence electrons. The fourth-order valence-electron chi connectivity index (χ4n) is 5.56. The number of nitriles is 1. The fraction of sp³-hybridized carbons (Fsp3) is 0.345. The molecule has 0 unspecified atom stereocenters. The van der Waals surface area contributed by atoms with Crippen LogP contribution in [0.3, 0.4) is 0 Å². The number of fused-ring (bicyclic) bond motifs is 3. The molecule has 9 heteroatoms. The van der Waals surface area contributed by atoms with E-state index >= 15 is 0 Å². The molecule has 1 aliphatic carbocycles. The van der Waals surface area contributed by atoms with Gasteiger partial charge in [-0.2, -0.15) is 5.26 Å². The zero-order valence-electron chi connectivity index (χ0n) is 21.0. The molecule has 0 spiro atoms. The van der Waals surface area contributed by atoms with Crippen LogP contribution in [0.15, 0.2) is 55.0 Å². The maximum atomic E-state index is 9.02. The van der Waals surface area contributed by atoms with Crippen LogP contribution in [-0.4, -0.2) is 48.5 Å². The number of likely N-dealkylation sites (tertiary alicyclic amines) is 1. The van der Waals surface area contributed by atoms with Crippen molar-refractivity contribution < 1.29 is 4.74 Å². The van der Waals surface area contributed by atoms with Crippen LogP contribution in [-0.2, 0) is 13.3 Å². The van der Waals surface area contributed by atoms with Crippen LogP contribution in [0.5, 0.6) is 5.75 Å². The van der Waals surface area contributed by atoms with Crippen LogP contribution in [0.4, 0.5) is 5.82 Å². The average Bonchev–Trinajstić information content (AvgIpc) is 3.73. The van der Waals surface area contributed by atoms with Gasteiger partial charge in [0, 0.05) is 55.7 Å². The number of ether oxygens (including phenoxy) is 1. The predicted molar refractivity (Wildman–Crippen MR) is 142 cm³/mol. The number of aromatic nitrogens is 5. The summed E-state index contributed by atoms with van der Waals surface area (Å²) < 4.78 is 8.27. The fourth-order valence-corrected chi connectivity index (χ4v) is 5.56. The molecule has 9 nitrogen and oxygen atoms in total. The Morgan fingerprint density at radius 3 is 2.63 bits per heavy atom. The quantitative estimate of drug-likeness (QED) is 0.407. The van der Waals surface area contributed by atoms with E-state index in [1.54, 1.807) is 12.4 Å². The van der Waals surface area contributed by atoms with Crippen LogP contribution in [0, 0.1) is 11.3 Å². The second-order valence-electron chi connectivity index (χ2n) is 10.3. The van der Waals surface area contributed by atoms with Crippen molar-refractivity contribution in [3.63, 3.8) is 0 Å². The summed E-state index contributed by atoms with van der Waals surface area (Å²) in [6, 6.07) is 15.0. The van der Waals surface area contributed by atoms with Gasteiger partial charge in [-0.15, -0.1) is 0 Å². The van der Waals surface area contributed by atoms with E-state index in [9.17, 15) is 0 Å². The summed E-state index contributed by atoms with van der Waals surface area (Å²) in [5.41, 5.74) is 5.80. The van der Waals surface area contributed by atoms with E-state index in [0.29, 0.717) is 18.7 Å². The molecular formula is C29H28N8O. The van der Waals surface area contributed by atoms with Crippen molar-refractivity contribution in [2.75, 3.05) is 18.4 Å². The Hall–Kier alpha value is -4.29. The summed E-state index contributed by atoms with van der Waals surface area (Å²) >= 11 is 0. The van der Waals surface area contributed by atoms with Crippen LogP contribution in [0.25, 0.3) is 22.6 Å². The maximum Gasteiger partial charge on any atom is 0.234 e. The highest BCUT2D eigenvalue weighted by molar-refractivity contribution is 5.72. The Morgan fingerprint density at radius 1 is 1.00 bits per heavy atom. The summed E-state index contributed by atoms with van der Waals surface area (Å²) in [4.78, 5) is 20.1. The Kier molecular flexibility index (Phi) is 5.74. The number of rotatable bonds is 6. The molecule has 1 saturated carbocycles. The van der Waals surface area contributed by atoms with E-state index in [4.69, 9.17) is 15.0 Å². The van der Waals surface area contributed by atoms with Gasteiger partial charge in [-0.1, -0.05) is 24.3 Å². The molecule has 3 aromatic heterocycles. The number of hydrogen-bond donors (Lipinski definition) is 1. The van der Waals surface area contributed by atoms with Gasteiger partial charge >= 0.3 is 0 Å². The zero-order chi connectivity index (χ0) is 25.5. The summed E-state index contributed by atoms with van der Waals surface area (Å²) in [5, 5.41) is 12.5. The number of anilines is 1. The SMILES string of the molecule is N#Cc1nccc(NC2CCN(Cc3ccc(-c4nc5n(c4C4CC4)COc4ccncc4-5)cc3)CC2)n1. The van der Waals surface area contributed by atoms with Crippen molar-refractivity contribution >= 4 is 5.82 Å². The molecule has 0 radical (unpaired) electrons. The van der Waals surface area contributed by atoms with Gasteiger partial charge in [0.1, 0.15) is 23.5 Å². The Bertz CT molecular complexity index is 1510. The van der Waals surface area contributed by atoms with Crippen LogP contribution in [0.1, 0.15) is 48.7 Å². The normalized spacial score (nSPS) is 17.2. The van der Waals surface area contributed by atoms with E-state index in [1.165, 1.54) is 24.1 Å². The highest BCUT2D eigenvalue weighted by Crippen LogP contribution is 2.47. The first-order valence-corrected chi connectivity index (χ1v) is 13.2. The van der Waals surface area contributed by atoms with Crippen molar-refractivity contribution in [3.05, 3.63) is 72.1 Å². The molecule has 0 atom stereocenters. The lowest BCUT2D eigenvalue weighted by atomic mass is 10.0. The third-order valence-corrected chi connectivity index (χ3v) is 7.67. The second-order valence-corrected chi connectivity index (χ2v) is 10.3. The highest BCUT2D eigenvalue weighted by atomic mass is 16.5. The number of benzene rings is 1. The molecular weight excluding hydrogens is 476 g/mol. The lowest BCUT2D eigenvalue weighted by Gasteiger charge is -2.32. The summed E-state index contributed by atoms with van der Waals surface area (Å²) in [6.07, 6.45) is 9.73. The van der Waals surface area contributed by atoms with Crippen LogP contribution >= 0.6 is 0 Å². The maximum absolute atomic E-state index is 9.02. The molecule has 4 aromatic rings. The van der Waals surface area contributed by atoms with Crippen molar-refractivity contribution in [2.24, 2.45) is 0 Å². The third kappa shape index (κ3) is 4.37. The van der Waals surface area contributed by atoms with Gasteiger partial charge in [-0.3, -0.25) is 14.5 Å². The van der Waals surface area contributed by atoms with E-state index in [0.717, 1.165) is 66.7 Å². The molecule has 3 aliphatic rings. The number of nitrogens with one attached hydrogen (secondary N) is 1. The van der Waals surface area contributed by atoms with Crippen molar-refractivity contribution in [1.29, 1.82) is 5.26 Å². The molecule has 2 aliphatic heterocycles. The van der Waals surface area contributed by atoms with Gasteiger partial charge in [0.2, 0.25) is 5.82 Å². The van der Waals surface area contributed by atoms with Gasteiger partial charge in [-0.05, 0) is 43.4 Å². The molecule has 0 bridgehead atoms. The number of nitrogens with zero attached hydrogens (tertiary/aromatic N) is 7. The zero-order valence-corrected chi connectivity index (χ0v) is 21.0. The van der Waals surface area contributed by atoms with Gasteiger partial charge in [-0.25, -0.2) is 15.0 Å².